The third-order valence-corrected chi connectivity index (χ3v) is 2.82. The number of rotatable bonds is 2. The van der Waals surface area contributed by atoms with E-state index in [4.69, 9.17) is 12.2 Å². The summed E-state index contributed by atoms with van der Waals surface area (Å²) in [5.41, 5.74) is 3.68. The molecule has 0 radical (unpaired) electrons. The summed E-state index contributed by atoms with van der Waals surface area (Å²) in [5, 5.41) is 4.01. The van der Waals surface area contributed by atoms with Crippen LogP contribution >= 0.6 is 12.2 Å². The molecule has 0 fully saturated rings. The van der Waals surface area contributed by atoms with E-state index < -0.39 is 0 Å². The number of thiocarbonyl (C=S) groups is 1. The number of anilines is 1. The molecule has 0 saturated carbocycles. The maximum atomic E-state index is 5.34. The van der Waals surface area contributed by atoms with Crippen LogP contribution in [0.2, 0.25) is 0 Å². The van der Waals surface area contributed by atoms with Crippen molar-refractivity contribution in [3.8, 4) is 0 Å². The lowest BCUT2D eigenvalue weighted by Gasteiger charge is -2.24. The number of aryl methyl sites for hydroxylation is 2. The molecule has 0 atom stereocenters. The quantitative estimate of drug-likeness (QED) is 0.795. The molecule has 0 amide bonds. The summed E-state index contributed by atoms with van der Waals surface area (Å²) < 4.78 is 0. The van der Waals surface area contributed by atoms with Crippen LogP contribution in [-0.4, -0.2) is 18.2 Å². The van der Waals surface area contributed by atoms with Gasteiger partial charge in [0.1, 0.15) is 0 Å². The highest BCUT2D eigenvalue weighted by molar-refractivity contribution is 7.80. The Bertz CT molecular complexity index is 386. The zero-order chi connectivity index (χ0) is 12.3. The van der Waals surface area contributed by atoms with Crippen molar-refractivity contribution in [3.05, 3.63) is 29.3 Å². The van der Waals surface area contributed by atoms with Gasteiger partial charge in [-0.2, -0.15) is 0 Å². The van der Waals surface area contributed by atoms with Gasteiger partial charge in [-0.3, -0.25) is 0 Å². The van der Waals surface area contributed by atoms with Crippen molar-refractivity contribution in [1.29, 1.82) is 0 Å². The van der Waals surface area contributed by atoms with Crippen LogP contribution < -0.4 is 10.2 Å². The largest absolute Gasteiger partial charge is 0.360 e. The Kier molecular flexibility index (Phi) is 4.30. The summed E-state index contributed by atoms with van der Waals surface area (Å²) in [7, 11) is 2.00. The number of nitrogens with zero attached hydrogens (tertiary/aromatic N) is 1. The molecule has 1 rings (SSSR count). The van der Waals surface area contributed by atoms with Gasteiger partial charge >= 0.3 is 0 Å². The third kappa shape index (κ3) is 3.20. The normalized spacial score (nSPS) is 10.4. The van der Waals surface area contributed by atoms with E-state index in [0.29, 0.717) is 6.04 Å². The van der Waals surface area contributed by atoms with Gasteiger partial charge in [0.25, 0.3) is 0 Å². The van der Waals surface area contributed by atoms with E-state index in [1.807, 2.05) is 11.9 Å². The minimum atomic E-state index is 0.362. The van der Waals surface area contributed by atoms with Crippen LogP contribution in [0, 0.1) is 13.8 Å². The molecule has 1 aromatic carbocycles. The molecule has 0 aromatic heterocycles. The topological polar surface area (TPSA) is 15.3 Å². The summed E-state index contributed by atoms with van der Waals surface area (Å²) in [5.74, 6) is 0. The van der Waals surface area contributed by atoms with Crippen LogP contribution in [0.1, 0.15) is 25.0 Å². The lowest BCUT2D eigenvalue weighted by molar-refractivity contribution is 0.732. The highest BCUT2D eigenvalue weighted by atomic mass is 32.1. The Morgan fingerprint density at radius 2 is 1.94 bits per heavy atom. The molecule has 1 N–H and O–H groups in total. The summed E-state index contributed by atoms with van der Waals surface area (Å²) in [4.78, 5) is 2.02. The predicted molar refractivity (Wildman–Crippen MR) is 75.2 cm³/mol. The first-order chi connectivity index (χ1) is 7.41. The first kappa shape index (κ1) is 13.0. The fourth-order valence-corrected chi connectivity index (χ4v) is 1.97. The maximum Gasteiger partial charge on any atom is 0.173 e. The fraction of sp³-hybridized carbons (Fsp3) is 0.462. The molecule has 1 aromatic rings. The van der Waals surface area contributed by atoms with E-state index in [1.54, 1.807) is 0 Å². The smallest absolute Gasteiger partial charge is 0.173 e. The van der Waals surface area contributed by atoms with Crippen molar-refractivity contribution in [2.24, 2.45) is 0 Å². The zero-order valence-electron chi connectivity index (χ0n) is 10.7. The Labute approximate surface area is 104 Å². The highest BCUT2D eigenvalue weighted by Gasteiger charge is 2.09. The molecule has 16 heavy (non-hydrogen) atoms. The van der Waals surface area contributed by atoms with Gasteiger partial charge in [-0.1, -0.05) is 17.7 Å². The second-order valence-corrected chi connectivity index (χ2v) is 4.84. The average Bonchev–Trinajstić information content (AvgIpc) is 2.15. The van der Waals surface area contributed by atoms with E-state index in [0.717, 1.165) is 10.8 Å². The lowest BCUT2D eigenvalue weighted by Crippen LogP contribution is -2.40. The van der Waals surface area contributed by atoms with E-state index in [2.05, 4.69) is 51.2 Å². The molecule has 0 aliphatic carbocycles. The van der Waals surface area contributed by atoms with Crippen molar-refractivity contribution in [2.75, 3.05) is 11.9 Å². The minimum Gasteiger partial charge on any atom is -0.360 e. The van der Waals surface area contributed by atoms with Crippen LogP contribution in [-0.2, 0) is 0 Å². The molecule has 0 unspecified atom stereocenters. The van der Waals surface area contributed by atoms with E-state index in [-0.39, 0.29) is 0 Å². The summed E-state index contributed by atoms with van der Waals surface area (Å²) >= 11 is 5.34. The van der Waals surface area contributed by atoms with Crippen molar-refractivity contribution >= 4 is 23.0 Å². The lowest BCUT2D eigenvalue weighted by atomic mass is 10.1. The fourth-order valence-electron chi connectivity index (χ4n) is 1.63. The van der Waals surface area contributed by atoms with Gasteiger partial charge in [-0.15, -0.1) is 0 Å². The molecule has 0 heterocycles. The van der Waals surface area contributed by atoms with Gasteiger partial charge in [-0.05, 0) is 51.5 Å². The standard InChI is InChI=1S/C13H20N2S/c1-9(2)14-13(16)15(5)12-7-6-10(3)8-11(12)4/h6-9H,1-5H3,(H,14,16). The number of benzene rings is 1. The highest BCUT2D eigenvalue weighted by Crippen LogP contribution is 2.19. The van der Waals surface area contributed by atoms with Gasteiger partial charge in [0, 0.05) is 18.8 Å². The molecule has 0 spiro atoms. The van der Waals surface area contributed by atoms with Gasteiger partial charge in [0.2, 0.25) is 0 Å². The summed E-state index contributed by atoms with van der Waals surface area (Å²) in [6.45, 7) is 8.38. The Morgan fingerprint density at radius 3 is 2.44 bits per heavy atom. The second kappa shape index (κ2) is 5.30. The number of hydrogen-bond acceptors (Lipinski definition) is 1. The molecule has 3 heteroatoms. The monoisotopic (exact) mass is 236 g/mol. The molecular formula is C13H20N2S. The van der Waals surface area contributed by atoms with Gasteiger partial charge in [0.15, 0.2) is 5.11 Å². The van der Waals surface area contributed by atoms with Crippen LogP contribution in [0.3, 0.4) is 0 Å². The average molecular weight is 236 g/mol. The molecule has 0 aliphatic heterocycles. The molecule has 0 saturated heterocycles. The predicted octanol–water partition coefficient (Wildman–Crippen LogP) is 3.02. The van der Waals surface area contributed by atoms with E-state index in [9.17, 15) is 0 Å². The van der Waals surface area contributed by atoms with Crippen molar-refractivity contribution in [3.63, 3.8) is 0 Å². The Hall–Kier alpha value is -1.09. The molecule has 2 nitrogen and oxygen atoms in total. The van der Waals surface area contributed by atoms with Crippen molar-refractivity contribution in [1.82, 2.24) is 5.32 Å². The Balaban J connectivity index is 2.87. The third-order valence-electron chi connectivity index (χ3n) is 2.43. The summed E-state index contributed by atoms with van der Waals surface area (Å²) in [6, 6.07) is 6.75. The molecule has 88 valence electrons. The first-order valence-corrected chi connectivity index (χ1v) is 5.94. The van der Waals surface area contributed by atoms with Crippen molar-refractivity contribution in [2.45, 2.75) is 33.7 Å². The maximum absolute atomic E-state index is 5.34. The van der Waals surface area contributed by atoms with Gasteiger partial charge in [-0.25, -0.2) is 0 Å². The molecule has 0 bridgehead atoms. The van der Waals surface area contributed by atoms with Crippen LogP contribution in [0.15, 0.2) is 18.2 Å². The van der Waals surface area contributed by atoms with Gasteiger partial charge < -0.3 is 10.2 Å². The van der Waals surface area contributed by atoms with Crippen LogP contribution in [0.4, 0.5) is 5.69 Å². The van der Waals surface area contributed by atoms with Gasteiger partial charge in [0.05, 0.1) is 0 Å². The SMILES string of the molecule is Cc1ccc(N(C)C(=S)NC(C)C)c(C)c1. The van der Waals surface area contributed by atoms with Crippen LogP contribution in [0.5, 0.6) is 0 Å². The molecular weight excluding hydrogens is 216 g/mol. The summed E-state index contributed by atoms with van der Waals surface area (Å²) in [6.07, 6.45) is 0. The Morgan fingerprint density at radius 1 is 1.31 bits per heavy atom. The number of nitrogens with one attached hydrogen (secondary N) is 1. The minimum absolute atomic E-state index is 0.362. The first-order valence-electron chi connectivity index (χ1n) is 5.53. The second-order valence-electron chi connectivity index (χ2n) is 4.45. The van der Waals surface area contributed by atoms with Crippen LogP contribution in [0.25, 0.3) is 0 Å². The molecule has 0 aliphatic rings. The number of hydrogen-bond donors (Lipinski definition) is 1. The van der Waals surface area contributed by atoms with Crippen molar-refractivity contribution < 1.29 is 0 Å². The van der Waals surface area contributed by atoms with E-state index >= 15 is 0 Å². The zero-order valence-corrected chi connectivity index (χ0v) is 11.5. The van der Waals surface area contributed by atoms with E-state index in [1.165, 1.54) is 11.1 Å².